The molecule has 0 bridgehead atoms. The predicted molar refractivity (Wildman–Crippen MR) is 126 cm³/mol. The molecular weight excluding hydrogens is 410 g/mol. The molecule has 0 atom stereocenters. The van der Waals surface area contributed by atoms with Crippen LogP contribution in [0.2, 0.25) is 5.15 Å². The van der Waals surface area contributed by atoms with Crippen molar-refractivity contribution in [2.24, 2.45) is 5.92 Å². The van der Waals surface area contributed by atoms with Crippen molar-refractivity contribution in [2.45, 2.75) is 52.6 Å². The fourth-order valence-electron chi connectivity index (χ4n) is 4.02. The lowest BCUT2D eigenvalue weighted by atomic mass is 10.0. The lowest BCUT2D eigenvalue weighted by Gasteiger charge is -2.36. The number of piperidine rings is 1. The summed E-state index contributed by atoms with van der Waals surface area (Å²) in [5, 5.41) is 5.11. The zero-order valence-electron chi connectivity index (χ0n) is 19.1. The third kappa shape index (κ3) is 6.40. The number of amides is 1. The summed E-state index contributed by atoms with van der Waals surface area (Å²) in [6.45, 7) is 9.98. The number of carbonyl (C=O) groups is 1. The van der Waals surface area contributed by atoms with Crippen LogP contribution in [0.4, 0.5) is 0 Å². The Hall–Kier alpha value is -2.18. The van der Waals surface area contributed by atoms with Gasteiger partial charge in [-0.15, -0.1) is 0 Å². The third-order valence-corrected chi connectivity index (χ3v) is 6.30. The SMILES string of the molecule is Cc1nn(CC(C)C)c(Cl)c1/C=C/C(=O)N(C)C1CCN(CCc2ccccn2)CC1. The number of aromatic nitrogens is 3. The molecule has 2 aromatic rings. The molecule has 0 N–H and O–H groups in total. The van der Waals surface area contributed by atoms with Gasteiger partial charge in [0.1, 0.15) is 5.15 Å². The van der Waals surface area contributed by atoms with E-state index in [2.05, 4.69) is 34.9 Å². The fraction of sp³-hybridized carbons (Fsp3) is 0.542. The van der Waals surface area contributed by atoms with Gasteiger partial charge < -0.3 is 9.80 Å². The maximum atomic E-state index is 12.8. The molecule has 1 amide bonds. The van der Waals surface area contributed by atoms with Crippen LogP contribution in [-0.2, 0) is 17.8 Å². The van der Waals surface area contributed by atoms with Gasteiger partial charge in [0, 0.05) is 69.2 Å². The molecule has 1 saturated heterocycles. The van der Waals surface area contributed by atoms with Gasteiger partial charge in [-0.05, 0) is 43.9 Å². The van der Waals surface area contributed by atoms with Crippen molar-refractivity contribution in [3.05, 3.63) is 52.6 Å². The summed E-state index contributed by atoms with van der Waals surface area (Å²) in [4.78, 5) is 21.5. The number of likely N-dealkylation sites (tertiary alicyclic amines) is 1. The molecule has 1 fully saturated rings. The van der Waals surface area contributed by atoms with E-state index in [0.717, 1.165) is 62.4 Å². The van der Waals surface area contributed by atoms with Gasteiger partial charge in [-0.25, -0.2) is 0 Å². The number of hydrogen-bond acceptors (Lipinski definition) is 4. The summed E-state index contributed by atoms with van der Waals surface area (Å²) in [7, 11) is 1.90. The van der Waals surface area contributed by atoms with Crippen LogP contribution in [-0.4, -0.2) is 63.2 Å². The summed E-state index contributed by atoms with van der Waals surface area (Å²) < 4.78 is 1.82. The first-order valence-corrected chi connectivity index (χ1v) is 11.5. The highest BCUT2D eigenvalue weighted by molar-refractivity contribution is 6.31. The lowest BCUT2D eigenvalue weighted by molar-refractivity contribution is -0.127. The van der Waals surface area contributed by atoms with E-state index < -0.39 is 0 Å². The average molecular weight is 444 g/mol. The van der Waals surface area contributed by atoms with Gasteiger partial charge in [0.05, 0.1) is 5.69 Å². The molecule has 31 heavy (non-hydrogen) atoms. The van der Waals surface area contributed by atoms with Crippen molar-refractivity contribution in [1.29, 1.82) is 0 Å². The van der Waals surface area contributed by atoms with Gasteiger partial charge in [0.15, 0.2) is 0 Å². The minimum Gasteiger partial charge on any atom is -0.339 e. The minimum atomic E-state index is 0.0130. The van der Waals surface area contributed by atoms with Crippen LogP contribution in [0.5, 0.6) is 0 Å². The van der Waals surface area contributed by atoms with E-state index in [9.17, 15) is 4.79 Å². The number of pyridine rings is 1. The summed E-state index contributed by atoms with van der Waals surface area (Å²) in [6, 6.07) is 6.32. The number of carbonyl (C=O) groups excluding carboxylic acids is 1. The number of aryl methyl sites for hydroxylation is 1. The molecule has 7 heteroatoms. The van der Waals surface area contributed by atoms with Gasteiger partial charge in [-0.3, -0.25) is 14.5 Å². The quantitative estimate of drug-likeness (QED) is 0.577. The minimum absolute atomic E-state index is 0.0130. The lowest BCUT2D eigenvalue weighted by Crippen LogP contribution is -2.45. The van der Waals surface area contributed by atoms with E-state index in [1.165, 1.54) is 0 Å². The third-order valence-electron chi connectivity index (χ3n) is 5.90. The molecule has 0 aromatic carbocycles. The normalized spacial score (nSPS) is 15.8. The summed E-state index contributed by atoms with van der Waals surface area (Å²) in [5.74, 6) is 0.468. The molecular formula is C24H34ClN5O. The Balaban J connectivity index is 1.50. The van der Waals surface area contributed by atoms with Crippen LogP contribution in [0.3, 0.4) is 0 Å². The van der Waals surface area contributed by atoms with E-state index in [1.807, 2.05) is 48.0 Å². The zero-order chi connectivity index (χ0) is 22.4. The second kappa shape index (κ2) is 10.9. The predicted octanol–water partition coefficient (Wildman–Crippen LogP) is 4.07. The Morgan fingerprint density at radius 2 is 2.06 bits per heavy atom. The fourth-order valence-corrected chi connectivity index (χ4v) is 4.33. The van der Waals surface area contributed by atoms with E-state index >= 15 is 0 Å². The molecule has 1 aliphatic rings. The maximum Gasteiger partial charge on any atom is 0.246 e. The number of rotatable bonds is 8. The summed E-state index contributed by atoms with van der Waals surface area (Å²) >= 11 is 6.49. The Bertz CT molecular complexity index is 885. The van der Waals surface area contributed by atoms with Crippen molar-refractivity contribution in [3.63, 3.8) is 0 Å². The Morgan fingerprint density at radius 1 is 1.32 bits per heavy atom. The van der Waals surface area contributed by atoms with Crippen LogP contribution in [0.25, 0.3) is 6.08 Å². The highest BCUT2D eigenvalue weighted by Crippen LogP contribution is 2.23. The monoisotopic (exact) mass is 443 g/mol. The maximum absolute atomic E-state index is 12.8. The molecule has 0 aliphatic carbocycles. The van der Waals surface area contributed by atoms with Crippen LogP contribution >= 0.6 is 11.6 Å². The molecule has 0 unspecified atom stereocenters. The number of likely N-dealkylation sites (N-methyl/N-ethyl adjacent to an activating group) is 1. The Morgan fingerprint density at radius 3 is 2.71 bits per heavy atom. The first-order chi connectivity index (χ1) is 14.8. The van der Waals surface area contributed by atoms with E-state index in [-0.39, 0.29) is 11.9 Å². The molecule has 0 spiro atoms. The van der Waals surface area contributed by atoms with Gasteiger partial charge in [-0.1, -0.05) is 31.5 Å². The van der Waals surface area contributed by atoms with E-state index in [0.29, 0.717) is 11.1 Å². The molecule has 168 valence electrons. The molecule has 0 radical (unpaired) electrons. The second-order valence-electron chi connectivity index (χ2n) is 8.79. The van der Waals surface area contributed by atoms with Gasteiger partial charge in [0.25, 0.3) is 0 Å². The average Bonchev–Trinajstić information content (AvgIpc) is 3.03. The van der Waals surface area contributed by atoms with Crippen molar-refractivity contribution in [1.82, 2.24) is 24.6 Å². The smallest absolute Gasteiger partial charge is 0.246 e. The standard InChI is InChI=1S/C24H34ClN5O/c1-18(2)17-30-24(25)22(19(3)27-30)8-9-23(31)28(4)21-11-15-29(16-12-21)14-10-20-7-5-6-13-26-20/h5-9,13,18,21H,10-12,14-17H2,1-4H3/b9-8+. The number of hydrogen-bond donors (Lipinski definition) is 0. The Labute approximate surface area is 190 Å². The molecule has 3 heterocycles. The summed E-state index contributed by atoms with van der Waals surface area (Å²) in [5.41, 5.74) is 2.81. The van der Waals surface area contributed by atoms with Crippen LogP contribution in [0, 0.1) is 12.8 Å². The first kappa shape index (κ1) is 23.5. The zero-order valence-corrected chi connectivity index (χ0v) is 19.8. The van der Waals surface area contributed by atoms with Crippen molar-refractivity contribution < 1.29 is 4.79 Å². The van der Waals surface area contributed by atoms with Gasteiger partial charge >= 0.3 is 0 Å². The Kier molecular flexibility index (Phi) is 8.27. The van der Waals surface area contributed by atoms with E-state index in [1.54, 1.807) is 6.08 Å². The van der Waals surface area contributed by atoms with Crippen molar-refractivity contribution in [2.75, 3.05) is 26.7 Å². The van der Waals surface area contributed by atoms with Crippen LogP contribution in [0.1, 0.15) is 43.6 Å². The molecule has 1 aliphatic heterocycles. The number of nitrogens with zero attached hydrogens (tertiary/aromatic N) is 5. The number of halogens is 1. The molecule has 2 aromatic heterocycles. The topological polar surface area (TPSA) is 54.3 Å². The summed E-state index contributed by atoms with van der Waals surface area (Å²) in [6.07, 6.45) is 8.23. The second-order valence-corrected chi connectivity index (χ2v) is 9.15. The molecule has 3 rings (SSSR count). The van der Waals surface area contributed by atoms with Gasteiger partial charge in [0.2, 0.25) is 5.91 Å². The first-order valence-electron chi connectivity index (χ1n) is 11.1. The largest absolute Gasteiger partial charge is 0.339 e. The van der Waals surface area contributed by atoms with Gasteiger partial charge in [-0.2, -0.15) is 5.10 Å². The molecule has 0 saturated carbocycles. The van der Waals surface area contributed by atoms with E-state index in [4.69, 9.17) is 11.6 Å². The van der Waals surface area contributed by atoms with Crippen molar-refractivity contribution in [3.8, 4) is 0 Å². The molecule has 6 nitrogen and oxygen atoms in total. The van der Waals surface area contributed by atoms with Crippen LogP contribution < -0.4 is 0 Å². The van der Waals surface area contributed by atoms with Crippen LogP contribution in [0.15, 0.2) is 30.5 Å². The van der Waals surface area contributed by atoms with Crippen molar-refractivity contribution >= 4 is 23.6 Å². The highest BCUT2D eigenvalue weighted by atomic mass is 35.5. The highest BCUT2D eigenvalue weighted by Gasteiger charge is 2.24.